The summed E-state index contributed by atoms with van der Waals surface area (Å²) in [7, 11) is 0. The molecule has 0 heterocycles. The number of ether oxygens (including phenoxy) is 3. The normalized spacial score (nSPS) is 12.7. The van der Waals surface area contributed by atoms with Gasteiger partial charge in [0.25, 0.3) is 0 Å². The molecule has 0 aliphatic carbocycles. The Hall–Kier alpha value is -3.67. The molecule has 6 nitrogen and oxygen atoms in total. The maximum absolute atomic E-state index is 12.9. The topological polar surface area (TPSA) is 78.9 Å². The van der Waals surface area contributed by atoms with E-state index in [9.17, 15) is 14.4 Å². The van der Waals surface area contributed by atoms with Gasteiger partial charge in [-0.15, -0.1) is 0 Å². The zero-order chi connectivity index (χ0) is 57.8. The predicted octanol–water partition coefficient (Wildman–Crippen LogP) is 23.6. The highest BCUT2D eigenvalue weighted by Crippen LogP contribution is 2.18. The molecule has 0 saturated heterocycles. The van der Waals surface area contributed by atoms with Gasteiger partial charge in [0.15, 0.2) is 6.10 Å². The summed E-state index contributed by atoms with van der Waals surface area (Å²) >= 11 is 0. The van der Waals surface area contributed by atoms with Crippen LogP contribution in [0, 0.1) is 0 Å². The molecular weight excluding hydrogens is 985 g/mol. The predicted molar refractivity (Wildman–Crippen MR) is 348 cm³/mol. The Morgan fingerprint density at radius 2 is 0.525 bits per heavy atom. The quantitative estimate of drug-likeness (QED) is 0.0261. The summed E-state index contributed by atoms with van der Waals surface area (Å²) in [5, 5.41) is 0. The molecule has 1 unspecified atom stereocenters. The van der Waals surface area contributed by atoms with E-state index in [2.05, 4.69) is 112 Å². The number of allylic oxidation sites excluding steroid dienone is 16. The standard InChI is InChI=1S/C74H128O6/c1-4-7-10-13-16-19-22-25-28-30-32-33-34-35-36-37-38-39-40-41-43-44-46-49-52-55-58-61-64-67-73(76)79-70-71(69-78-72(75)66-63-60-57-54-51-48-27-24-21-18-15-12-9-6-3)80-74(77)68-65-62-59-56-53-50-47-45-42-31-29-26-23-20-17-14-11-8-5-2/h8,11,15,17-18,20,24,26-27,29,42,45,50,53,59,62,71H,4-7,9-10,12-14,16,19,21-23,25,28,30-41,43-44,46-49,51-52,54-58,60-61,63-70H2,1-3H3/b11-8-,18-15-,20-17-,27-24-,29-26-,45-42-,53-50-,62-59-. The first-order valence-corrected chi connectivity index (χ1v) is 34.2. The third kappa shape index (κ3) is 65.1. The maximum Gasteiger partial charge on any atom is 0.306 e. The Morgan fingerprint density at radius 3 is 0.850 bits per heavy atom. The first-order valence-electron chi connectivity index (χ1n) is 34.2. The van der Waals surface area contributed by atoms with Crippen LogP contribution < -0.4 is 0 Å². The highest BCUT2D eigenvalue weighted by Gasteiger charge is 2.19. The van der Waals surface area contributed by atoms with Crippen molar-refractivity contribution in [3.8, 4) is 0 Å². The number of rotatable bonds is 62. The van der Waals surface area contributed by atoms with Gasteiger partial charge < -0.3 is 14.2 Å². The van der Waals surface area contributed by atoms with Gasteiger partial charge in [-0.3, -0.25) is 14.4 Å². The molecule has 6 heteroatoms. The number of carbonyl (C=O) groups excluding carboxylic acids is 3. The van der Waals surface area contributed by atoms with Crippen molar-refractivity contribution in [2.45, 2.75) is 341 Å². The van der Waals surface area contributed by atoms with Gasteiger partial charge in [0, 0.05) is 19.3 Å². The second kappa shape index (κ2) is 67.8. The zero-order valence-electron chi connectivity index (χ0n) is 52.8. The van der Waals surface area contributed by atoms with E-state index in [4.69, 9.17) is 14.2 Å². The minimum atomic E-state index is -0.825. The van der Waals surface area contributed by atoms with Crippen molar-refractivity contribution in [1.82, 2.24) is 0 Å². The lowest BCUT2D eigenvalue weighted by atomic mass is 10.0. The summed E-state index contributed by atoms with van der Waals surface area (Å²) in [5.41, 5.74) is 0. The monoisotopic (exact) mass is 1110 g/mol. The summed E-state index contributed by atoms with van der Waals surface area (Å²) < 4.78 is 16.9. The SMILES string of the molecule is CC/C=C\C/C=C\C/C=C\C/C=C\C/C=C\C/C=C\CCC(=O)OC(COC(=O)CCCCCCC/C=C\C/C=C\CCCC)COC(=O)CCCCCCCCCCCCCCCCCCCCCCCCCCCCCCC. The zero-order valence-corrected chi connectivity index (χ0v) is 52.8. The van der Waals surface area contributed by atoms with Crippen LogP contribution in [0.2, 0.25) is 0 Å². The van der Waals surface area contributed by atoms with Crippen molar-refractivity contribution >= 4 is 17.9 Å². The Balaban J connectivity index is 4.31. The van der Waals surface area contributed by atoms with Gasteiger partial charge in [0.1, 0.15) is 13.2 Å². The van der Waals surface area contributed by atoms with Crippen LogP contribution in [0.5, 0.6) is 0 Å². The summed E-state index contributed by atoms with van der Waals surface area (Å²) in [6.07, 6.45) is 91.7. The molecule has 80 heavy (non-hydrogen) atoms. The summed E-state index contributed by atoms with van der Waals surface area (Å²) in [4.78, 5) is 38.3. The molecule has 0 spiro atoms. The molecule has 0 amide bonds. The third-order valence-corrected chi connectivity index (χ3v) is 14.8. The molecule has 0 radical (unpaired) electrons. The van der Waals surface area contributed by atoms with Crippen molar-refractivity contribution in [3.05, 3.63) is 97.2 Å². The van der Waals surface area contributed by atoms with Crippen LogP contribution >= 0.6 is 0 Å². The second-order valence-electron chi connectivity index (χ2n) is 22.7. The number of hydrogen-bond acceptors (Lipinski definition) is 6. The number of hydrogen-bond donors (Lipinski definition) is 0. The smallest absolute Gasteiger partial charge is 0.306 e. The highest BCUT2D eigenvalue weighted by molar-refractivity contribution is 5.71. The minimum Gasteiger partial charge on any atom is -0.462 e. The number of unbranched alkanes of at least 4 members (excludes halogenated alkanes) is 35. The largest absolute Gasteiger partial charge is 0.462 e. The van der Waals surface area contributed by atoms with Crippen molar-refractivity contribution in [3.63, 3.8) is 0 Å². The van der Waals surface area contributed by atoms with Crippen molar-refractivity contribution in [2.24, 2.45) is 0 Å². The molecule has 0 rings (SSSR count). The van der Waals surface area contributed by atoms with E-state index in [1.807, 2.05) is 6.08 Å². The lowest BCUT2D eigenvalue weighted by Crippen LogP contribution is -2.30. The van der Waals surface area contributed by atoms with Crippen LogP contribution in [0.3, 0.4) is 0 Å². The average molecular weight is 1110 g/mol. The van der Waals surface area contributed by atoms with Gasteiger partial charge in [-0.25, -0.2) is 0 Å². The summed E-state index contributed by atoms with van der Waals surface area (Å²) in [6, 6.07) is 0. The number of carbonyl (C=O) groups is 3. The molecule has 0 aromatic carbocycles. The Labute approximate surface area is 496 Å². The molecule has 0 aromatic rings. The van der Waals surface area contributed by atoms with Crippen LogP contribution in [0.15, 0.2) is 97.2 Å². The lowest BCUT2D eigenvalue weighted by molar-refractivity contribution is -0.166. The van der Waals surface area contributed by atoms with E-state index in [1.54, 1.807) is 0 Å². The molecule has 0 aromatic heterocycles. The highest BCUT2D eigenvalue weighted by atomic mass is 16.6. The fourth-order valence-corrected chi connectivity index (χ4v) is 9.72. The van der Waals surface area contributed by atoms with Crippen molar-refractivity contribution in [2.75, 3.05) is 13.2 Å². The second-order valence-corrected chi connectivity index (χ2v) is 22.7. The van der Waals surface area contributed by atoms with Gasteiger partial charge in [0.2, 0.25) is 0 Å². The maximum atomic E-state index is 12.9. The Morgan fingerprint density at radius 1 is 0.263 bits per heavy atom. The van der Waals surface area contributed by atoms with Crippen LogP contribution in [0.1, 0.15) is 335 Å². The average Bonchev–Trinajstić information content (AvgIpc) is 3.46. The molecule has 0 N–H and O–H groups in total. The minimum absolute atomic E-state index is 0.110. The molecule has 0 saturated carbocycles. The van der Waals surface area contributed by atoms with E-state index in [1.165, 1.54) is 186 Å². The van der Waals surface area contributed by atoms with Crippen LogP contribution in [0.4, 0.5) is 0 Å². The molecular formula is C74H128O6. The molecule has 1 atom stereocenters. The third-order valence-electron chi connectivity index (χ3n) is 14.8. The van der Waals surface area contributed by atoms with Crippen molar-refractivity contribution in [1.29, 1.82) is 0 Å². The van der Waals surface area contributed by atoms with E-state index in [0.717, 1.165) is 103 Å². The van der Waals surface area contributed by atoms with Gasteiger partial charge in [-0.05, 0) is 83.5 Å². The van der Waals surface area contributed by atoms with E-state index in [0.29, 0.717) is 19.3 Å². The van der Waals surface area contributed by atoms with Crippen LogP contribution in [-0.4, -0.2) is 37.2 Å². The van der Waals surface area contributed by atoms with E-state index >= 15 is 0 Å². The summed E-state index contributed by atoms with van der Waals surface area (Å²) in [6.45, 7) is 6.45. The molecule has 0 bridgehead atoms. The van der Waals surface area contributed by atoms with Crippen LogP contribution in [0.25, 0.3) is 0 Å². The van der Waals surface area contributed by atoms with Gasteiger partial charge in [0.05, 0.1) is 0 Å². The Kier molecular flexibility index (Phi) is 64.7. The fraction of sp³-hybridized carbons (Fsp3) is 0.743. The molecule has 460 valence electrons. The number of esters is 3. The lowest BCUT2D eigenvalue weighted by Gasteiger charge is -2.18. The first-order chi connectivity index (χ1) is 39.5. The van der Waals surface area contributed by atoms with E-state index in [-0.39, 0.29) is 31.6 Å². The Bertz CT molecular complexity index is 1560. The summed E-state index contributed by atoms with van der Waals surface area (Å²) in [5.74, 6) is -0.998. The van der Waals surface area contributed by atoms with Gasteiger partial charge in [-0.2, -0.15) is 0 Å². The molecule has 0 fully saturated rings. The van der Waals surface area contributed by atoms with E-state index < -0.39 is 12.1 Å². The molecule has 0 aliphatic rings. The van der Waals surface area contributed by atoms with Crippen molar-refractivity contribution < 1.29 is 28.6 Å². The van der Waals surface area contributed by atoms with Gasteiger partial charge in [-0.1, -0.05) is 330 Å². The van der Waals surface area contributed by atoms with Gasteiger partial charge >= 0.3 is 17.9 Å². The molecule has 0 aliphatic heterocycles. The fourth-order valence-electron chi connectivity index (χ4n) is 9.72. The van der Waals surface area contributed by atoms with Crippen LogP contribution in [-0.2, 0) is 28.6 Å². The first kappa shape index (κ1) is 76.3.